The van der Waals surface area contributed by atoms with Crippen LogP contribution in [0.15, 0.2) is 23.1 Å². The van der Waals surface area contributed by atoms with Crippen molar-refractivity contribution in [1.82, 2.24) is 5.32 Å². The molecule has 1 heterocycles. The van der Waals surface area contributed by atoms with Crippen LogP contribution in [0.4, 0.5) is 5.69 Å². The van der Waals surface area contributed by atoms with E-state index in [1.807, 2.05) is 0 Å². The SMILES string of the molecule is CS(=O)(=O)c1cc(C(=O)NC2(C(=O)O)CCSC2)cc([N+](=O)[O-])c1. The van der Waals surface area contributed by atoms with E-state index in [0.717, 1.165) is 24.5 Å². The molecule has 0 saturated carbocycles. The Balaban J connectivity index is 2.43. The summed E-state index contributed by atoms with van der Waals surface area (Å²) in [6, 6.07) is 2.77. The Bertz CT molecular complexity index is 814. The highest BCUT2D eigenvalue weighted by molar-refractivity contribution is 7.99. The molecule has 11 heteroatoms. The van der Waals surface area contributed by atoms with Crippen molar-refractivity contribution in [2.45, 2.75) is 16.9 Å². The first-order valence-electron chi connectivity index (χ1n) is 6.68. The maximum absolute atomic E-state index is 12.4. The Labute approximate surface area is 141 Å². The molecule has 24 heavy (non-hydrogen) atoms. The third-order valence-electron chi connectivity index (χ3n) is 3.58. The summed E-state index contributed by atoms with van der Waals surface area (Å²) in [5.41, 5.74) is -2.30. The van der Waals surface area contributed by atoms with Crippen molar-refractivity contribution in [1.29, 1.82) is 0 Å². The van der Waals surface area contributed by atoms with Gasteiger partial charge in [0.1, 0.15) is 5.54 Å². The maximum Gasteiger partial charge on any atom is 0.330 e. The number of aliphatic carboxylic acids is 1. The first-order valence-corrected chi connectivity index (χ1v) is 9.73. The molecule has 1 aliphatic rings. The number of hydrogen-bond acceptors (Lipinski definition) is 7. The lowest BCUT2D eigenvalue weighted by molar-refractivity contribution is -0.385. The van der Waals surface area contributed by atoms with Gasteiger partial charge in [-0.15, -0.1) is 0 Å². The van der Waals surface area contributed by atoms with Crippen LogP contribution < -0.4 is 5.32 Å². The van der Waals surface area contributed by atoms with Crippen molar-refractivity contribution < 1.29 is 28.0 Å². The molecule has 2 N–H and O–H groups in total. The van der Waals surface area contributed by atoms with Crippen LogP contribution in [0.2, 0.25) is 0 Å². The molecule has 2 rings (SSSR count). The van der Waals surface area contributed by atoms with E-state index in [-0.39, 0.29) is 22.6 Å². The zero-order valence-corrected chi connectivity index (χ0v) is 14.1. The minimum Gasteiger partial charge on any atom is -0.479 e. The Morgan fingerprint density at radius 3 is 2.50 bits per heavy atom. The summed E-state index contributed by atoms with van der Waals surface area (Å²) in [7, 11) is -3.78. The van der Waals surface area contributed by atoms with E-state index < -0.39 is 37.9 Å². The summed E-state index contributed by atoms with van der Waals surface area (Å²) in [5, 5.41) is 22.7. The minimum absolute atomic E-state index is 0.169. The van der Waals surface area contributed by atoms with Crippen LogP contribution in [-0.2, 0) is 14.6 Å². The van der Waals surface area contributed by atoms with Crippen LogP contribution in [0.3, 0.4) is 0 Å². The van der Waals surface area contributed by atoms with Crippen molar-refractivity contribution in [2.24, 2.45) is 0 Å². The molecule has 130 valence electrons. The number of nitrogens with one attached hydrogen (secondary N) is 1. The third kappa shape index (κ3) is 3.67. The highest BCUT2D eigenvalue weighted by Gasteiger charge is 2.43. The number of amides is 1. The van der Waals surface area contributed by atoms with Crippen LogP contribution >= 0.6 is 11.8 Å². The second-order valence-electron chi connectivity index (χ2n) is 5.39. The van der Waals surface area contributed by atoms with Crippen LogP contribution in [-0.4, -0.2) is 53.6 Å². The lowest BCUT2D eigenvalue weighted by Crippen LogP contribution is -2.54. The normalized spacial score (nSPS) is 20.5. The van der Waals surface area contributed by atoms with Gasteiger partial charge in [-0.3, -0.25) is 14.9 Å². The van der Waals surface area contributed by atoms with Gasteiger partial charge in [0.05, 0.1) is 9.82 Å². The van der Waals surface area contributed by atoms with Crippen molar-refractivity contribution in [2.75, 3.05) is 17.8 Å². The van der Waals surface area contributed by atoms with Crippen LogP contribution in [0.1, 0.15) is 16.8 Å². The molecule has 0 radical (unpaired) electrons. The number of nitro benzene ring substituents is 1. The number of carbonyl (C=O) groups is 2. The van der Waals surface area contributed by atoms with Gasteiger partial charge in [0.15, 0.2) is 9.84 Å². The summed E-state index contributed by atoms with van der Waals surface area (Å²) < 4.78 is 23.3. The molecule has 1 aromatic rings. The molecule has 0 spiro atoms. The zero-order valence-electron chi connectivity index (χ0n) is 12.5. The average molecular weight is 374 g/mol. The van der Waals surface area contributed by atoms with Gasteiger partial charge in [0.2, 0.25) is 0 Å². The van der Waals surface area contributed by atoms with Crippen molar-refractivity contribution >= 4 is 39.2 Å². The molecular weight excluding hydrogens is 360 g/mol. The van der Waals surface area contributed by atoms with Gasteiger partial charge >= 0.3 is 5.97 Å². The van der Waals surface area contributed by atoms with Gasteiger partial charge in [-0.25, -0.2) is 13.2 Å². The van der Waals surface area contributed by atoms with E-state index in [9.17, 15) is 33.2 Å². The number of carboxylic acid groups (broad SMARTS) is 1. The smallest absolute Gasteiger partial charge is 0.330 e. The molecule has 1 amide bonds. The van der Waals surface area contributed by atoms with E-state index in [2.05, 4.69) is 5.32 Å². The van der Waals surface area contributed by atoms with E-state index in [4.69, 9.17) is 0 Å². The van der Waals surface area contributed by atoms with Gasteiger partial charge < -0.3 is 10.4 Å². The molecule has 1 fully saturated rings. The summed E-state index contributed by atoms with van der Waals surface area (Å²) in [6.45, 7) is 0. The van der Waals surface area contributed by atoms with Gasteiger partial charge in [0.25, 0.3) is 11.6 Å². The van der Waals surface area contributed by atoms with Crippen LogP contribution in [0, 0.1) is 10.1 Å². The third-order valence-corrected chi connectivity index (χ3v) is 5.86. The Morgan fingerprint density at radius 2 is 2.04 bits per heavy atom. The molecule has 1 unspecified atom stereocenters. The fourth-order valence-corrected chi connectivity index (χ4v) is 4.21. The predicted octanol–water partition coefficient (Wildman–Crippen LogP) is 0.688. The van der Waals surface area contributed by atoms with Crippen molar-refractivity contribution in [3.8, 4) is 0 Å². The van der Waals surface area contributed by atoms with E-state index in [0.29, 0.717) is 5.75 Å². The zero-order chi connectivity index (χ0) is 18.1. The number of carboxylic acids is 1. The highest BCUT2D eigenvalue weighted by atomic mass is 32.2. The van der Waals surface area contributed by atoms with Crippen molar-refractivity contribution in [3.05, 3.63) is 33.9 Å². The Kier molecular flexibility index (Phi) is 4.85. The molecule has 0 aliphatic carbocycles. The number of non-ortho nitro benzene ring substituents is 1. The fraction of sp³-hybridized carbons (Fsp3) is 0.385. The molecule has 0 bridgehead atoms. The number of nitro groups is 1. The Morgan fingerprint density at radius 1 is 1.38 bits per heavy atom. The van der Waals surface area contributed by atoms with E-state index >= 15 is 0 Å². The first kappa shape index (κ1) is 18.2. The van der Waals surface area contributed by atoms with Gasteiger partial charge in [-0.05, 0) is 18.2 Å². The number of benzene rings is 1. The highest BCUT2D eigenvalue weighted by Crippen LogP contribution is 2.29. The molecule has 1 saturated heterocycles. The molecule has 9 nitrogen and oxygen atoms in total. The molecular formula is C13H14N2O7S2. The van der Waals surface area contributed by atoms with Gasteiger partial charge in [-0.2, -0.15) is 11.8 Å². The largest absolute Gasteiger partial charge is 0.479 e. The topological polar surface area (TPSA) is 144 Å². The number of nitrogens with zero attached hydrogens (tertiary/aromatic N) is 1. The molecule has 1 atom stereocenters. The molecule has 0 aromatic heterocycles. The molecule has 1 aliphatic heterocycles. The van der Waals surface area contributed by atoms with Crippen LogP contribution in [0.5, 0.6) is 0 Å². The second kappa shape index (κ2) is 6.40. The maximum atomic E-state index is 12.4. The summed E-state index contributed by atoms with van der Waals surface area (Å²) >= 11 is 1.36. The average Bonchev–Trinajstić information content (AvgIpc) is 2.95. The van der Waals surface area contributed by atoms with Crippen LogP contribution in [0.25, 0.3) is 0 Å². The Hall–Kier alpha value is -2.14. The number of thioether (sulfide) groups is 1. The summed E-state index contributed by atoms with van der Waals surface area (Å²) in [4.78, 5) is 33.6. The van der Waals surface area contributed by atoms with Crippen molar-refractivity contribution in [3.63, 3.8) is 0 Å². The number of sulfone groups is 1. The molecule has 1 aromatic carbocycles. The monoisotopic (exact) mass is 374 g/mol. The first-order chi connectivity index (χ1) is 11.0. The summed E-state index contributed by atoms with van der Waals surface area (Å²) in [5.74, 6) is -1.35. The number of rotatable bonds is 5. The van der Waals surface area contributed by atoms with E-state index in [1.165, 1.54) is 11.8 Å². The van der Waals surface area contributed by atoms with E-state index in [1.54, 1.807) is 0 Å². The number of carbonyl (C=O) groups excluding carboxylic acids is 1. The number of hydrogen-bond donors (Lipinski definition) is 2. The fourth-order valence-electron chi connectivity index (χ4n) is 2.21. The predicted molar refractivity (Wildman–Crippen MR) is 86.0 cm³/mol. The lowest BCUT2D eigenvalue weighted by Gasteiger charge is -2.24. The lowest BCUT2D eigenvalue weighted by atomic mass is 9.98. The summed E-state index contributed by atoms with van der Waals surface area (Å²) in [6.07, 6.45) is 1.08. The quantitative estimate of drug-likeness (QED) is 0.566. The second-order valence-corrected chi connectivity index (χ2v) is 8.51. The standard InChI is InChI=1S/C13H14N2O7S2/c1-24(21,22)10-5-8(4-9(6-10)15(19)20)11(16)14-13(12(17)18)2-3-23-7-13/h4-6H,2-3,7H2,1H3,(H,14,16)(H,17,18). The van der Waals surface area contributed by atoms with Gasteiger partial charge in [-0.1, -0.05) is 0 Å². The minimum atomic E-state index is -3.78. The van der Waals surface area contributed by atoms with Gasteiger partial charge in [0, 0.05) is 29.7 Å².